The van der Waals surface area contributed by atoms with Crippen LogP contribution in [0.4, 0.5) is 5.69 Å². The predicted molar refractivity (Wildman–Crippen MR) is 105 cm³/mol. The van der Waals surface area contributed by atoms with E-state index < -0.39 is 14.9 Å². The summed E-state index contributed by atoms with van der Waals surface area (Å²) < 4.78 is 26.8. The number of phenols is 1. The second kappa shape index (κ2) is 8.58. The minimum atomic E-state index is -3.87. The molecule has 1 heterocycles. The average molecular weight is 419 g/mol. The third-order valence-corrected chi connectivity index (χ3v) is 6.75. The number of nitro benzene ring substituents is 1. The van der Waals surface area contributed by atoms with Gasteiger partial charge in [0.1, 0.15) is 5.75 Å². The van der Waals surface area contributed by atoms with E-state index in [1.807, 2.05) is 0 Å². The molecular weight excluding hydrogens is 398 g/mol. The molecule has 0 aromatic heterocycles. The van der Waals surface area contributed by atoms with Gasteiger partial charge in [0.15, 0.2) is 0 Å². The van der Waals surface area contributed by atoms with Crippen molar-refractivity contribution in [3.8, 4) is 5.75 Å². The predicted octanol–water partition coefficient (Wildman–Crippen LogP) is 1.77. The standard InChI is InChI=1S/C19H21N3O6S/c23-18-7-2-1-4-15(18)8-9-19(24)20-10-12-21(13-11-20)29(27,28)17-6-3-5-16(14-17)22(25)26/h1-7,14,23H,8-13H2. The Labute approximate surface area is 168 Å². The van der Waals surface area contributed by atoms with E-state index >= 15 is 0 Å². The molecule has 1 aliphatic rings. The van der Waals surface area contributed by atoms with Crippen LogP contribution >= 0.6 is 0 Å². The number of carbonyl (C=O) groups is 1. The minimum absolute atomic E-state index is 0.111. The fourth-order valence-corrected chi connectivity index (χ4v) is 4.67. The van der Waals surface area contributed by atoms with Crippen LogP contribution < -0.4 is 0 Å². The molecule has 2 aromatic carbocycles. The Hall–Kier alpha value is -2.98. The van der Waals surface area contributed by atoms with Crippen molar-refractivity contribution in [2.45, 2.75) is 17.7 Å². The molecule has 2 aromatic rings. The highest BCUT2D eigenvalue weighted by Gasteiger charge is 2.30. The fraction of sp³-hybridized carbons (Fsp3) is 0.316. The fourth-order valence-electron chi connectivity index (χ4n) is 3.21. The van der Waals surface area contributed by atoms with Crippen LogP contribution in [0, 0.1) is 10.1 Å². The number of phenolic OH excluding ortho intramolecular Hbond substituents is 1. The summed E-state index contributed by atoms with van der Waals surface area (Å²) in [5.74, 6) is 0.0359. The zero-order valence-electron chi connectivity index (χ0n) is 15.6. The number of amides is 1. The largest absolute Gasteiger partial charge is 0.508 e. The zero-order valence-corrected chi connectivity index (χ0v) is 16.4. The molecule has 10 heteroatoms. The van der Waals surface area contributed by atoms with Gasteiger partial charge in [-0.3, -0.25) is 14.9 Å². The highest BCUT2D eigenvalue weighted by atomic mass is 32.2. The number of hydrogen-bond donors (Lipinski definition) is 1. The summed E-state index contributed by atoms with van der Waals surface area (Å²) in [5.41, 5.74) is 0.400. The normalized spacial score (nSPS) is 15.2. The number of nitro groups is 1. The van der Waals surface area contributed by atoms with Gasteiger partial charge in [-0.25, -0.2) is 8.42 Å². The summed E-state index contributed by atoms with van der Waals surface area (Å²) in [5, 5.41) is 20.7. The van der Waals surface area contributed by atoms with Crippen molar-refractivity contribution in [3.63, 3.8) is 0 Å². The van der Waals surface area contributed by atoms with Gasteiger partial charge in [0, 0.05) is 44.7 Å². The van der Waals surface area contributed by atoms with Gasteiger partial charge in [0.25, 0.3) is 5.69 Å². The minimum Gasteiger partial charge on any atom is -0.508 e. The van der Waals surface area contributed by atoms with Crippen molar-refractivity contribution in [2.24, 2.45) is 0 Å². The highest BCUT2D eigenvalue weighted by molar-refractivity contribution is 7.89. The third kappa shape index (κ3) is 4.72. The molecule has 1 saturated heterocycles. The van der Waals surface area contributed by atoms with Crippen molar-refractivity contribution in [2.75, 3.05) is 26.2 Å². The number of para-hydroxylation sites is 1. The van der Waals surface area contributed by atoms with Gasteiger partial charge in [-0.1, -0.05) is 24.3 Å². The first-order valence-electron chi connectivity index (χ1n) is 9.08. The molecule has 0 aliphatic carbocycles. The molecule has 154 valence electrons. The Balaban J connectivity index is 1.59. The smallest absolute Gasteiger partial charge is 0.270 e. The van der Waals surface area contributed by atoms with Gasteiger partial charge in [-0.2, -0.15) is 4.31 Å². The number of rotatable bonds is 6. The average Bonchev–Trinajstić information content (AvgIpc) is 2.73. The first-order valence-corrected chi connectivity index (χ1v) is 10.5. The molecule has 3 rings (SSSR count). The summed E-state index contributed by atoms with van der Waals surface area (Å²) in [7, 11) is -3.87. The summed E-state index contributed by atoms with van der Waals surface area (Å²) in [4.78, 5) is 24.2. The zero-order chi connectivity index (χ0) is 21.0. The Morgan fingerprint density at radius 2 is 1.76 bits per heavy atom. The molecule has 0 atom stereocenters. The van der Waals surface area contributed by atoms with E-state index in [1.54, 1.807) is 29.2 Å². The number of benzene rings is 2. The molecule has 0 saturated carbocycles. The SMILES string of the molecule is O=C(CCc1ccccc1O)N1CCN(S(=O)(=O)c2cccc([N+](=O)[O-])c2)CC1. The number of piperazine rings is 1. The monoisotopic (exact) mass is 419 g/mol. The molecule has 9 nitrogen and oxygen atoms in total. The van der Waals surface area contributed by atoms with E-state index in [9.17, 15) is 28.4 Å². The molecular formula is C19H21N3O6S. The molecule has 0 unspecified atom stereocenters. The van der Waals surface area contributed by atoms with Crippen LogP contribution in [0.1, 0.15) is 12.0 Å². The number of carbonyl (C=O) groups excluding carboxylic acids is 1. The molecule has 1 aliphatic heterocycles. The van der Waals surface area contributed by atoms with E-state index in [0.29, 0.717) is 12.0 Å². The molecule has 1 N–H and O–H groups in total. The Bertz CT molecular complexity index is 1020. The molecule has 1 amide bonds. The number of aryl methyl sites for hydroxylation is 1. The third-order valence-electron chi connectivity index (χ3n) is 4.86. The molecule has 0 spiro atoms. The maximum Gasteiger partial charge on any atom is 0.270 e. The second-order valence-corrected chi connectivity index (χ2v) is 8.61. The van der Waals surface area contributed by atoms with E-state index in [2.05, 4.69) is 0 Å². The van der Waals surface area contributed by atoms with Crippen molar-refractivity contribution in [1.29, 1.82) is 0 Å². The quantitative estimate of drug-likeness (QED) is 0.563. The van der Waals surface area contributed by atoms with Crippen LogP contribution in [-0.2, 0) is 21.2 Å². The molecule has 0 bridgehead atoms. The van der Waals surface area contributed by atoms with Gasteiger partial charge in [0.05, 0.1) is 9.82 Å². The maximum atomic E-state index is 12.8. The van der Waals surface area contributed by atoms with E-state index in [0.717, 1.165) is 6.07 Å². The van der Waals surface area contributed by atoms with Crippen LogP contribution in [0.15, 0.2) is 53.4 Å². The topological polar surface area (TPSA) is 121 Å². The summed E-state index contributed by atoms with van der Waals surface area (Å²) in [6, 6.07) is 11.8. The number of sulfonamides is 1. The second-order valence-electron chi connectivity index (χ2n) is 6.67. The van der Waals surface area contributed by atoms with Gasteiger partial charge >= 0.3 is 0 Å². The Morgan fingerprint density at radius 1 is 1.07 bits per heavy atom. The van der Waals surface area contributed by atoms with Crippen LogP contribution in [0.5, 0.6) is 5.75 Å². The van der Waals surface area contributed by atoms with Gasteiger partial charge in [-0.15, -0.1) is 0 Å². The Morgan fingerprint density at radius 3 is 2.41 bits per heavy atom. The van der Waals surface area contributed by atoms with Crippen LogP contribution in [-0.4, -0.2) is 59.7 Å². The highest BCUT2D eigenvalue weighted by Crippen LogP contribution is 2.22. The van der Waals surface area contributed by atoms with Gasteiger partial charge in [-0.05, 0) is 24.1 Å². The van der Waals surface area contributed by atoms with Gasteiger partial charge in [0.2, 0.25) is 15.9 Å². The maximum absolute atomic E-state index is 12.8. The van der Waals surface area contributed by atoms with Crippen LogP contribution in [0.3, 0.4) is 0 Å². The lowest BCUT2D eigenvalue weighted by molar-refractivity contribution is -0.385. The lowest BCUT2D eigenvalue weighted by Gasteiger charge is -2.34. The van der Waals surface area contributed by atoms with E-state index in [1.165, 1.54) is 22.5 Å². The lowest BCUT2D eigenvalue weighted by Crippen LogP contribution is -2.50. The van der Waals surface area contributed by atoms with E-state index in [-0.39, 0.29) is 54.8 Å². The summed E-state index contributed by atoms with van der Waals surface area (Å²) in [6.07, 6.45) is 0.618. The van der Waals surface area contributed by atoms with Gasteiger partial charge < -0.3 is 10.0 Å². The molecule has 1 fully saturated rings. The first-order chi connectivity index (χ1) is 13.8. The van der Waals surface area contributed by atoms with Crippen molar-refractivity contribution in [1.82, 2.24) is 9.21 Å². The summed E-state index contributed by atoms with van der Waals surface area (Å²) >= 11 is 0. The van der Waals surface area contributed by atoms with Crippen molar-refractivity contribution < 1.29 is 23.2 Å². The van der Waals surface area contributed by atoms with Crippen LogP contribution in [0.25, 0.3) is 0 Å². The van der Waals surface area contributed by atoms with E-state index in [4.69, 9.17) is 0 Å². The van der Waals surface area contributed by atoms with Crippen LogP contribution in [0.2, 0.25) is 0 Å². The number of aromatic hydroxyl groups is 1. The number of non-ortho nitro benzene ring substituents is 1. The Kier molecular flexibility index (Phi) is 6.14. The van der Waals surface area contributed by atoms with Crippen molar-refractivity contribution >= 4 is 21.6 Å². The molecule has 0 radical (unpaired) electrons. The van der Waals surface area contributed by atoms with Crippen molar-refractivity contribution in [3.05, 3.63) is 64.2 Å². The number of hydrogen-bond acceptors (Lipinski definition) is 6. The lowest BCUT2D eigenvalue weighted by atomic mass is 10.1. The number of nitrogens with zero attached hydrogens (tertiary/aromatic N) is 3. The summed E-state index contributed by atoms with van der Waals surface area (Å²) in [6.45, 7) is 0.724. The first kappa shape index (κ1) is 20.7. The molecule has 29 heavy (non-hydrogen) atoms.